The second kappa shape index (κ2) is 5.58. The summed E-state index contributed by atoms with van der Waals surface area (Å²) in [4.78, 5) is 6.71. The third-order valence-electron chi connectivity index (χ3n) is 4.89. The summed E-state index contributed by atoms with van der Waals surface area (Å²) < 4.78 is 0. The lowest BCUT2D eigenvalue weighted by molar-refractivity contribution is 0.203. The number of rotatable bonds is 3. The molecule has 2 aromatic rings. The highest BCUT2D eigenvalue weighted by atomic mass is 15.2. The Hall–Kier alpha value is -2.13. The van der Waals surface area contributed by atoms with E-state index in [1.807, 2.05) is 12.3 Å². The third kappa shape index (κ3) is 2.53. The first kappa shape index (κ1) is 13.5. The van der Waals surface area contributed by atoms with Crippen LogP contribution in [0.2, 0.25) is 0 Å². The van der Waals surface area contributed by atoms with Crippen LogP contribution in [-0.4, -0.2) is 22.0 Å². The molecule has 2 aliphatic rings. The molecule has 2 atom stereocenters. The smallest absolute Gasteiger partial charge is 0.123 e. The van der Waals surface area contributed by atoms with E-state index in [2.05, 4.69) is 52.4 Å². The molecule has 3 nitrogen and oxygen atoms in total. The van der Waals surface area contributed by atoms with Gasteiger partial charge in [0.2, 0.25) is 0 Å². The average Bonchev–Trinajstić information content (AvgIpc) is 2.78. The van der Waals surface area contributed by atoms with Crippen LogP contribution in [0, 0.1) is 0 Å². The molecule has 1 aromatic carbocycles. The second-order valence-corrected chi connectivity index (χ2v) is 6.32. The van der Waals surface area contributed by atoms with Crippen molar-refractivity contribution in [3.63, 3.8) is 0 Å². The van der Waals surface area contributed by atoms with Gasteiger partial charge in [-0.15, -0.1) is 0 Å². The highest BCUT2D eigenvalue weighted by Crippen LogP contribution is 2.39. The predicted molar refractivity (Wildman–Crippen MR) is 90.0 cm³/mol. The Labute approximate surface area is 131 Å². The lowest BCUT2D eigenvalue weighted by atomic mass is 9.94. The van der Waals surface area contributed by atoms with E-state index in [0.717, 1.165) is 13.0 Å². The van der Waals surface area contributed by atoms with E-state index in [-0.39, 0.29) is 0 Å². The normalized spacial score (nSPS) is 24.3. The SMILES string of the molecule is Nc1cc(CN2C3C=C(c4ccccc4)CC2CC3)ccn1. The van der Waals surface area contributed by atoms with Crippen LogP contribution in [0.1, 0.15) is 30.4 Å². The maximum Gasteiger partial charge on any atom is 0.123 e. The first-order valence-electron chi connectivity index (χ1n) is 8.02. The molecule has 1 saturated heterocycles. The average molecular weight is 291 g/mol. The number of nitrogens with zero attached hydrogens (tertiary/aromatic N) is 2. The van der Waals surface area contributed by atoms with Gasteiger partial charge in [-0.25, -0.2) is 4.98 Å². The van der Waals surface area contributed by atoms with Crippen molar-refractivity contribution in [3.05, 3.63) is 65.9 Å². The van der Waals surface area contributed by atoms with Crippen LogP contribution in [0.25, 0.3) is 5.57 Å². The number of hydrogen-bond acceptors (Lipinski definition) is 3. The van der Waals surface area contributed by atoms with Crippen LogP contribution in [0.5, 0.6) is 0 Å². The molecular weight excluding hydrogens is 270 g/mol. The van der Waals surface area contributed by atoms with E-state index in [9.17, 15) is 0 Å². The van der Waals surface area contributed by atoms with E-state index in [0.29, 0.717) is 17.9 Å². The summed E-state index contributed by atoms with van der Waals surface area (Å²) in [6, 6.07) is 16.1. The van der Waals surface area contributed by atoms with Gasteiger partial charge in [-0.1, -0.05) is 36.4 Å². The van der Waals surface area contributed by atoms with Crippen molar-refractivity contribution in [1.82, 2.24) is 9.88 Å². The lowest BCUT2D eigenvalue weighted by Gasteiger charge is -2.34. The minimum atomic E-state index is 0.559. The first-order chi connectivity index (χ1) is 10.8. The Morgan fingerprint density at radius 3 is 2.77 bits per heavy atom. The van der Waals surface area contributed by atoms with Gasteiger partial charge in [0.1, 0.15) is 5.82 Å². The summed E-state index contributed by atoms with van der Waals surface area (Å²) in [5, 5.41) is 0. The van der Waals surface area contributed by atoms with Gasteiger partial charge in [-0.3, -0.25) is 4.90 Å². The van der Waals surface area contributed by atoms with Gasteiger partial charge >= 0.3 is 0 Å². The highest BCUT2D eigenvalue weighted by Gasteiger charge is 2.36. The molecule has 112 valence electrons. The summed E-state index contributed by atoms with van der Waals surface area (Å²) in [5.41, 5.74) is 9.96. The van der Waals surface area contributed by atoms with Crippen molar-refractivity contribution in [2.75, 3.05) is 5.73 Å². The van der Waals surface area contributed by atoms with Crippen LogP contribution in [0.3, 0.4) is 0 Å². The Kier molecular flexibility index (Phi) is 3.43. The molecule has 3 heterocycles. The summed E-state index contributed by atoms with van der Waals surface area (Å²) in [6.07, 6.45) is 7.99. The van der Waals surface area contributed by atoms with E-state index in [1.165, 1.54) is 29.5 Å². The van der Waals surface area contributed by atoms with E-state index >= 15 is 0 Å². The van der Waals surface area contributed by atoms with E-state index in [1.54, 1.807) is 0 Å². The van der Waals surface area contributed by atoms with Gasteiger partial charge in [0.15, 0.2) is 0 Å². The Balaban J connectivity index is 1.56. The van der Waals surface area contributed by atoms with Crippen LogP contribution < -0.4 is 5.73 Å². The van der Waals surface area contributed by atoms with E-state index < -0.39 is 0 Å². The zero-order chi connectivity index (χ0) is 14.9. The second-order valence-electron chi connectivity index (χ2n) is 6.32. The zero-order valence-electron chi connectivity index (χ0n) is 12.7. The maximum atomic E-state index is 5.81. The van der Waals surface area contributed by atoms with Crippen molar-refractivity contribution >= 4 is 11.4 Å². The number of hydrogen-bond donors (Lipinski definition) is 1. The number of nitrogens with two attached hydrogens (primary N) is 1. The van der Waals surface area contributed by atoms with Gasteiger partial charge in [0.05, 0.1) is 0 Å². The largest absolute Gasteiger partial charge is 0.384 e. The molecule has 0 radical (unpaired) electrons. The van der Waals surface area contributed by atoms with Crippen molar-refractivity contribution < 1.29 is 0 Å². The first-order valence-corrected chi connectivity index (χ1v) is 8.02. The summed E-state index contributed by atoms with van der Waals surface area (Å²) >= 11 is 0. The maximum absolute atomic E-state index is 5.81. The minimum Gasteiger partial charge on any atom is -0.384 e. The van der Waals surface area contributed by atoms with Crippen molar-refractivity contribution in [3.8, 4) is 0 Å². The van der Waals surface area contributed by atoms with Gasteiger partial charge in [-0.2, -0.15) is 0 Å². The number of nitrogen functional groups attached to an aromatic ring is 1. The molecule has 0 aliphatic carbocycles. The molecular formula is C19H21N3. The number of aromatic nitrogens is 1. The van der Waals surface area contributed by atoms with Crippen molar-refractivity contribution in [1.29, 1.82) is 0 Å². The predicted octanol–water partition coefficient (Wildman–Crippen LogP) is 3.48. The molecule has 1 aromatic heterocycles. The van der Waals surface area contributed by atoms with Crippen LogP contribution >= 0.6 is 0 Å². The fraction of sp³-hybridized carbons (Fsp3) is 0.316. The zero-order valence-corrected chi connectivity index (χ0v) is 12.7. The summed E-state index contributed by atoms with van der Waals surface area (Å²) in [5.74, 6) is 0.613. The van der Waals surface area contributed by atoms with Gasteiger partial charge < -0.3 is 5.73 Å². The molecule has 2 aliphatic heterocycles. The molecule has 1 fully saturated rings. The Morgan fingerprint density at radius 1 is 1.14 bits per heavy atom. The minimum absolute atomic E-state index is 0.559. The molecule has 22 heavy (non-hydrogen) atoms. The van der Waals surface area contributed by atoms with E-state index in [4.69, 9.17) is 5.73 Å². The molecule has 2 bridgehead atoms. The summed E-state index contributed by atoms with van der Waals surface area (Å²) in [6.45, 7) is 0.973. The fourth-order valence-electron chi connectivity index (χ4n) is 3.83. The number of anilines is 1. The Bertz CT molecular complexity index is 693. The molecule has 4 rings (SSSR count). The molecule has 2 unspecified atom stereocenters. The number of pyridine rings is 1. The van der Waals surface area contributed by atoms with Crippen molar-refractivity contribution in [2.24, 2.45) is 0 Å². The summed E-state index contributed by atoms with van der Waals surface area (Å²) in [7, 11) is 0. The molecule has 3 heteroatoms. The van der Waals surface area contributed by atoms with Gasteiger partial charge in [0.25, 0.3) is 0 Å². The topological polar surface area (TPSA) is 42.1 Å². The van der Waals surface area contributed by atoms with Crippen LogP contribution in [0.4, 0.5) is 5.82 Å². The molecule has 0 saturated carbocycles. The quantitative estimate of drug-likeness (QED) is 0.941. The van der Waals surface area contributed by atoms with Gasteiger partial charge in [-0.05, 0) is 48.1 Å². The van der Waals surface area contributed by atoms with Crippen LogP contribution in [0.15, 0.2) is 54.7 Å². The third-order valence-corrected chi connectivity index (χ3v) is 4.89. The molecule has 0 amide bonds. The number of fused-ring (bicyclic) bond motifs is 2. The fourth-order valence-corrected chi connectivity index (χ4v) is 3.83. The monoisotopic (exact) mass is 291 g/mol. The van der Waals surface area contributed by atoms with Crippen molar-refractivity contribution in [2.45, 2.75) is 37.9 Å². The van der Waals surface area contributed by atoms with Gasteiger partial charge in [0, 0.05) is 24.8 Å². The standard InChI is InChI=1S/C19H21N3/c20-19-10-14(8-9-21-19)13-22-17-6-7-18(22)12-16(11-17)15-4-2-1-3-5-15/h1-5,8-11,17-18H,6-7,12-13H2,(H2,20,21). The molecule has 0 spiro atoms. The molecule has 2 N–H and O–H groups in total. The number of benzene rings is 1. The lowest BCUT2D eigenvalue weighted by Crippen LogP contribution is -2.37. The van der Waals surface area contributed by atoms with Crippen LogP contribution in [-0.2, 0) is 6.54 Å². The Morgan fingerprint density at radius 2 is 2.00 bits per heavy atom. The highest BCUT2D eigenvalue weighted by molar-refractivity contribution is 5.68.